The van der Waals surface area contributed by atoms with E-state index in [2.05, 4.69) is 0 Å². The first-order valence-corrected chi connectivity index (χ1v) is 7.54. The zero-order valence-electron chi connectivity index (χ0n) is 12.6. The lowest BCUT2D eigenvalue weighted by Gasteiger charge is -2.43. The Morgan fingerprint density at radius 3 is 2.29 bits per heavy atom. The highest BCUT2D eigenvalue weighted by atomic mass is 16.5. The fraction of sp³-hybridized carbons (Fsp3) is 0.857. The van der Waals surface area contributed by atoms with Gasteiger partial charge >= 0.3 is 5.97 Å². The number of carboxylic acids is 1. The molecule has 0 bridgehead atoms. The molecule has 3 N–H and O–H groups in total. The third kappa shape index (κ3) is 3.36. The van der Waals surface area contributed by atoms with Crippen molar-refractivity contribution in [2.24, 2.45) is 11.1 Å². The van der Waals surface area contributed by atoms with Crippen LogP contribution < -0.4 is 5.73 Å². The quantitative estimate of drug-likeness (QED) is 0.717. The summed E-state index contributed by atoms with van der Waals surface area (Å²) < 4.78 is 5.34. The molecule has 120 valence electrons. The second-order valence-electron chi connectivity index (χ2n) is 5.94. The van der Waals surface area contributed by atoms with Crippen LogP contribution in [0.1, 0.15) is 19.8 Å². The van der Waals surface area contributed by atoms with Gasteiger partial charge in [0.1, 0.15) is 6.04 Å². The summed E-state index contributed by atoms with van der Waals surface area (Å²) in [5.74, 6) is -0.714. The Labute approximate surface area is 125 Å². The van der Waals surface area contributed by atoms with Crippen LogP contribution in [-0.4, -0.2) is 78.8 Å². The Balaban J connectivity index is 1.94. The van der Waals surface area contributed by atoms with E-state index >= 15 is 0 Å². The van der Waals surface area contributed by atoms with Crippen LogP contribution in [0.2, 0.25) is 0 Å². The van der Waals surface area contributed by atoms with Gasteiger partial charge in [0.2, 0.25) is 5.91 Å². The summed E-state index contributed by atoms with van der Waals surface area (Å²) in [6, 6.07) is -0.506. The summed E-state index contributed by atoms with van der Waals surface area (Å²) >= 11 is 0. The number of piperazine rings is 1. The average molecular weight is 299 g/mol. The van der Waals surface area contributed by atoms with Crippen molar-refractivity contribution in [3.8, 4) is 0 Å². The van der Waals surface area contributed by atoms with Crippen molar-refractivity contribution in [1.29, 1.82) is 0 Å². The van der Waals surface area contributed by atoms with Gasteiger partial charge in [0.15, 0.2) is 0 Å². The van der Waals surface area contributed by atoms with Crippen molar-refractivity contribution in [2.45, 2.75) is 25.8 Å². The summed E-state index contributed by atoms with van der Waals surface area (Å²) in [6.45, 7) is 5.52. The van der Waals surface area contributed by atoms with Gasteiger partial charge in [-0.1, -0.05) is 0 Å². The lowest BCUT2D eigenvalue weighted by atomic mass is 9.78. The van der Waals surface area contributed by atoms with Crippen molar-refractivity contribution in [3.05, 3.63) is 0 Å². The molecular weight excluding hydrogens is 274 g/mol. The van der Waals surface area contributed by atoms with Crippen molar-refractivity contribution >= 4 is 11.9 Å². The van der Waals surface area contributed by atoms with E-state index < -0.39 is 17.4 Å². The summed E-state index contributed by atoms with van der Waals surface area (Å²) in [7, 11) is 0. The Morgan fingerprint density at radius 2 is 1.81 bits per heavy atom. The number of rotatable bonds is 4. The molecule has 2 heterocycles. The molecule has 0 spiro atoms. The molecular formula is C14H25N3O4. The van der Waals surface area contributed by atoms with Crippen molar-refractivity contribution in [2.75, 3.05) is 45.9 Å². The molecule has 0 aromatic carbocycles. The van der Waals surface area contributed by atoms with E-state index in [4.69, 9.17) is 15.6 Å². The Kier molecular flexibility index (Phi) is 5.18. The van der Waals surface area contributed by atoms with Gasteiger partial charge in [-0.3, -0.25) is 14.5 Å². The number of nitrogens with zero attached hydrogens (tertiary/aromatic N) is 2. The maximum atomic E-state index is 12.8. The smallest absolute Gasteiger partial charge is 0.320 e. The monoisotopic (exact) mass is 299 g/mol. The third-order valence-corrected chi connectivity index (χ3v) is 4.80. The predicted molar refractivity (Wildman–Crippen MR) is 76.8 cm³/mol. The normalized spacial score (nSPS) is 24.6. The maximum absolute atomic E-state index is 12.8. The zero-order valence-corrected chi connectivity index (χ0v) is 12.6. The molecule has 0 aromatic rings. The van der Waals surface area contributed by atoms with E-state index in [1.54, 1.807) is 6.92 Å². The van der Waals surface area contributed by atoms with Crippen LogP contribution in [-0.2, 0) is 14.3 Å². The molecule has 1 atom stereocenters. The highest BCUT2D eigenvalue weighted by molar-refractivity contribution is 5.83. The average Bonchev–Trinajstić information content (AvgIpc) is 2.54. The Bertz CT molecular complexity index is 388. The highest BCUT2D eigenvalue weighted by Gasteiger charge is 2.42. The first-order valence-electron chi connectivity index (χ1n) is 7.54. The van der Waals surface area contributed by atoms with Gasteiger partial charge in [0.25, 0.3) is 0 Å². The van der Waals surface area contributed by atoms with Gasteiger partial charge in [-0.25, -0.2) is 0 Å². The number of carbonyl (C=O) groups excluding carboxylic acids is 1. The van der Waals surface area contributed by atoms with Crippen molar-refractivity contribution in [3.63, 3.8) is 0 Å². The summed E-state index contributed by atoms with van der Waals surface area (Å²) in [5.41, 5.74) is 5.38. The molecule has 2 aliphatic rings. The minimum absolute atomic E-state index is 0.107. The predicted octanol–water partition coefficient (Wildman–Crippen LogP) is -0.641. The third-order valence-electron chi connectivity index (χ3n) is 4.80. The molecule has 1 amide bonds. The molecule has 0 radical (unpaired) electrons. The van der Waals surface area contributed by atoms with Crippen molar-refractivity contribution < 1.29 is 19.4 Å². The molecule has 0 saturated carbocycles. The van der Waals surface area contributed by atoms with Crippen LogP contribution in [0.4, 0.5) is 0 Å². The van der Waals surface area contributed by atoms with E-state index in [9.17, 15) is 9.59 Å². The van der Waals surface area contributed by atoms with Gasteiger partial charge in [0, 0.05) is 45.9 Å². The number of carbonyl (C=O) groups is 2. The van der Waals surface area contributed by atoms with Crippen molar-refractivity contribution in [1.82, 2.24) is 9.80 Å². The van der Waals surface area contributed by atoms with Crippen LogP contribution in [0.3, 0.4) is 0 Å². The summed E-state index contributed by atoms with van der Waals surface area (Å²) in [6.07, 6.45) is 1.35. The SMILES string of the molecule is CC(C(=O)O)N1CCN(C(=O)C2(CN)CCOCC2)CC1. The van der Waals surface area contributed by atoms with Crippen LogP contribution in [0, 0.1) is 5.41 Å². The number of amides is 1. The number of ether oxygens (including phenoxy) is 1. The maximum Gasteiger partial charge on any atom is 0.320 e. The lowest BCUT2D eigenvalue weighted by Crippen LogP contribution is -2.58. The molecule has 2 rings (SSSR count). The second-order valence-corrected chi connectivity index (χ2v) is 5.94. The molecule has 0 aliphatic carbocycles. The van der Waals surface area contributed by atoms with E-state index in [1.165, 1.54) is 0 Å². The number of hydrogen-bond donors (Lipinski definition) is 2. The minimum atomic E-state index is -0.822. The van der Waals surface area contributed by atoms with Gasteiger partial charge in [-0.2, -0.15) is 0 Å². The van der Waals surface area contributed by atoms with Gasteiger partial charge in [0.05, 0.1) is 5.41 Å². The number of carboxylic acid groups (broad SMARTS) is 1. The number of aliphatic carboxylic acids is 1. The topological polar surface area (TPSA) is 96.1 Å². The van der Waals surface area contributed by atoms with Gasteiger partial charge < -0.3 is 20.5 Å². The minimum Gasteiger partial charge on any atom is -0.480 e. The largest absolute Gasteiger partial charge is 0.480 e. The number of nitrogens with two attached hydrogens (primary N) is 1. The molecule has 2 saturated heterocycles. The molecule has 2 fully saturated rings. The van der Waals surface area contributed by atoms with Gasteiger partial charge in [-0.15, -0.1) is 0 Å². The fourth-order valence-electron chi connectivity index (χ4n) is 3.07. The molecule has 21 heavy (non-hydrogen) atoms. The molecule has 7 heteroatoms. The molecule has 2 aliphatic heterocycles. The molecule has 1 unspecified atom stereocenters. The van der Waals surface area contributed by atoms with Crippen LogP contribution in [0.15, 0.2) is 0 Å². The van der Waals surface area contributed by atoms with E-state index in [0.717, 1.165) is 0 Å². The Hall–Kier alpha value is -1.18. The second kappa shape index (κ2) is 6.72. The van der Waals surface area contributed by atoms with Crippen LogP contribution >= 0.6 is 0 Å². The van der Waals surface area contributed by atoms with Gasteiger partial charge in [-0.05, 0) is 19.8 Å². The summed E-state index contributed by atoms with van der Waals surface area (Å²) in [4.78, 5) is 27.5. The zero-order chi connectivity index (χ0) is 15.5. The number of hydrogen-bond acceptors (Lipinski definition) is 5. The first-order chi connectivity index (χ1) is 10.00. The fourth-order valence-corrected chi connectivity index (χ4v) is 3.07. The first kappa shape index (κ1) is 16.2. The molecule has 7 nitrogen and oxygen atoms in total. The Morgan fingerprint density at radius 1 is 1.24 bits per heavy atom. The summed E-state index contributed by atoms with van der Waals surface area (Å²) in [5, 5.41) is 9.04. The van der Waals surface area contributed by atoms with Crippen LogP contribution in [0.5, 0.6) is 0 Å². The highest BCUT2D eigenvalue weighted by Crippen LogP contribution is 2.32. The lowest BCUT2D eigenvalue weighted by molar-refractivity contribution is -0.150. The van der Waals surface area contributed by atoms with E-state index in [-0.39, 0.29) is 5.91 Å². The molecule has 0 aromatic heterocycles. The standard InChI is InChI=1S/C14H25N3O4/c1-11(12(18)19)16-4-6-17(7-5-16)13(20)14(10-15)2-8-21-9-3-14/h11H,2-10,15H2,1H3,(H,18,19). The van der Waals surface area contributed by atoms with Crippen LogP contribution in [0.25, 0.3) is 0 Å². The van der Waals surface area contributed by atoms with E-state index in [0.29, 0.717) is 58.8 Å². The van der Waals surface area contributed by atoms with E-state index in [1.807, 2.05) is 9.80 Å².